The summed E-state index contributed by atoms with van der Waals surface area (Å²) in [6, 6.07) is 0. The molecule has 0 amide bonds. The van der Waals surface area contributed by atoms with E-state index in [1.54, 1.807) is 0 Å². The molecule has 1 saturated carbocycles. The topological polar surface area (TPSA) is 30.7 Å². The first-order valence-corrected chi connectivity index (χ1v) is 4.97. The molecule has 0 saturated heterocycles. The maximum atomic E-state index is 5.64. The van der Waals surface area contributed by atoms with Crippen LogP contribution < -0.4 is 0 Å². The standard InChI is InChI=1S/C9H12ClN3/c1-7(4-10)9-6-13(12-11-9)5-8-2-3-8/h6,8H,1-5H2. The quantitative estimate of drug-likeness (QED) is 0.691. The number of aromatic nitrogens is 3. The highest BCUT2D eigenvalue weighted by Crippen LogP contribution is 2.30. The third-order valence-corrected chi connectivity index (χ3v) is 2.53. The van der Waals surface area contributed by atoms with E-state index in [-0.39, 0.29) is 0 Å². The van der Waals surface area contributed by atoms with Crippen molar-refractivity contribution in [1.82, 2.24) is 15.0 Å². The second-order valence-electron chi connectivity index (χ2n) is 3.51. The average molecular weight is 198 g/mol. The zero-order chi connectivity index (χ0) is 9.26. The van der Waals surface area contributed by atoms with Crippen molar-refractivity contribution in [1.29, 1.82) is 0 Å². The molecule has 3 nitrogen and oxygen atoms in total. The van der Waals surface area contributed by atoms with Crippen LogP contribution in [0.1, 0.15) is 18.5 Å². The van der Waals surface area contributed by atoms with Crippen LogP contribution in [0.5, 0.6) is 0 Å². The lowest BCUT2D eigenvalue weighted by Gasteiger charge is -1.95. The predicted octanol–water partition coefficient (Wildman–Crippen LogP) is 1.94. The van der Waals surface area contributed by atoms with Crippen molar-refractivity contribution < 1.29 is 0 Å². The zero-order valence-electron chi connectivity index (χ0n) is 7.41. The molecular weight excluding hydrogens is 186 g/mol. The van der Waals surface area contributed by atoms with Crippen LogP contribution in [0, 0.1) is 5.92 Å². The summed E-state index contributed by atoms with van der Waals surface area (Å²) in [6.07, 6.45) is 4.57. The van der Waals surface area contributed by atoms with E-state index in [9.17, 15) is 0 Å². The molecule has 1 aromatic heterocycles. The highest BCUT2D eigenvalue weighted by atomic mass is 35.5. The minimum atomic E-state index is 0.419. The number of rotatable bonds is 4. The van der Waals surface area contributed by atoms with Gasteiger partial charge in [0.25, 0.3) is 0 Å². The molecule has 1 heterocycles. The van der Waals surface area contributed by atoms with Crippen molar-refractivity contribution >= 4 is 17.2 Å². The highest BCUT2D eigenvalue weighted by molar-refractivity contribution is 6.22. The van der Waals surface area contributed by atoms with Crippen LogP contribution in [0.4, 0.5) is 0 Å². The van der Waals surface area contributed by atoms with Crippen molar-refractivity contribution in [3.8, 4) is 0 Å². The summed E-state index contributed by atoms with van der Waals surface area (Å²) < 4.78 is 1.88. The SMILES string of the molecule is C=C(CCl)c1cn(CC2CC2)nn1. The Morgan fingerprint density at radius 1 is 1.69 bits per heavy atom. The smallest absolute Gasteiger partial charge is 0.109 e. The molecule has 1 aliphatic carbocycles. The Morgan fingerprint density at radius 3 is 3.08 bits per heavy atom. The molecule has 0 spiro atoms. The number of hydrogen-bond donors (Lipinski definition) is 0. The van der Waals surface area contributed by atoms with E-state index in [4.69, 9.17) is 11.6 Å². The zero-order valence-corrected chi connectivity index (χ0v) is 8.17. The fraction of sp³-hybridized carbons (Fsp3) is 0.556. The highest BCUT2D eigenvalue weighted by Gasteiger charge is 2.22. The van der Waals surface area contributed by atoms with Crippen molar-refractivity contribution in [3.05, 3.63) is 18.5 Å². The van der Waals surface area contributed by atoms with Crippen LogP contribution in [-0.4, -0.2) is 20.9 Å². The monoisotopic (exact) mass is 197 g/mol. The lowest BCUT2D eigenvalue weighted by atomic mass is 10.3. The van der Waals surface area contributed by atoms with E-state index in [0.717, 1.165) is 23.7 Å². The van der Waals surface area contributed by atoms with Crippen LogP contribution in [0.2, 0.25) is 0 Å². The summed E-state index contributed by atoms with van der Waals surface area (Å²) in [6.45, 7) is 4.79. The number of nitrogens with zero attached hydrogens (tertiary/aromatic N) is 3. The fourth-order valence-corrected chi connectivity index (χ4v) is 1.32. The fourth-order valence-electron chi connectivity index (χ4n) is 1.18. The molecule has 70 valence electrons. The minimum Gasteiger partial charge on any atom is -0.252 e. The van der Waals surface area contributed by atoms with Crippen LogP contribution in [0.3, 0.4) is 0 Å². The lowest BCUT2D eigenvalue weighted by molar-refractivity contribution is 0.544. The Hall–Kier alpha value is -0.830. The van der Waals surface area contributed by atoms with Crippen molar-refractivity contribution in [2.24, 2.45) is 5.92 Å². The largest absolute Gasteiger partial charge is 0.252 e. The summed E-state index contributed by atoms with van der Waals surface area (Å²) in [5.74, 6) is 1.24. The van der Waals surface area contributed by atoms with Gasteiger partial charge in [-0.3, -0.25) is 4.68 Å². The van der Waals surface area contributed by atoms with Crippen molar-refractivity contribution in [2.45, 2.75) is 19.4 Å². The molecular formula is C9H12ClN3. The van der Waals surface area contributed by atoms with Gasteiger partial charge in [-0.2, -0.15) is 0 Å². The molecule has 0 aliphatic heterocycles. The van der Waals surface area contributed by atoms with Crippen LogP contribution in [0.15, 0.2) is 12.8 Å². The van der Waals surface area contributed by atoms with Gasteiger partial charge in [0.15, 0.2) is 0 Å². The van der Waals surface area contributed by atoms with Gasteiger partial charge in [0, 0.05) is 12.4 Å². The number of halogens is 1. The molecule has 1 fully saturated rings. The van der Waals surface area contributed by atoms with E-state index in [1.807, 2.05) is 10.9 Å². The molecule has 2 rings (SSSR count). The summed E-state index contributed by atoms with van der Waals surface area (Å²) in [4.78, 5) is 0. The lowest BCUT2D eigenvalue weighted by Crippen LogP contribution is -1.99. The number of allylic oxidation sites excluding steroid dienone is 1. The van der Waals surface area contributed by atoms with Crippen LogP contribution in [-0.2, 0) is 6.54 Å². The van der Waals surface area contributed by atoms with Gasteiger partial charge in [-0.1, -0.05) is 11.8 Å². The van der Waals surface area contributed by atoms with Gasteiger partial charge >= 0.3 is 0 Å². The first kappa shape index (κ1) is 8.75. The molecule has 1 aliphatic rings. The van der Waals surface area contributed by atoms with Gasteiger partial charge in [-0.05, 0) is 24.3 Å². The predicted molar refractivity (Wildman–Crippen MR) is 52.5 cm³/mol. The third-order valence-electron chi connectivity index (χ3n) is 2.20. The van der Waals surface area contributed by atoms with Crippen LogP contribution in [0.25, 0.3) is 5.57 Å². The molecule has 0 aromatic carbocycles. The van der Waals surface area contributed by atoms with Gasteiger partial charge < -0.3 is 0 Å². The Bertz CT molecular complexity index is 314. The maximum absolute atomic E-state index is 5.64. The normalized spacial score (nSPS) is 16.1. The van der Waals surface area contributed by atoms with Gasteiger partial charge in [0.2, 0.25) is 0 Å². The summed E-state index contributed by atoms with van der Waals surface area (Å²) in [5.41, 5.74) is 1.65. The maximum Gasteiger partial charge on any atom is 0.109 e. The molecule has 0 bridgehead atoms. The Kier molecular flexibility index (Phi) is 2.36. The van der Waals surface area contributed by atoms with E-state index in [1.165, 1.54) is 12.8 Å². The number of alkyl halides is 1. The Morgan fingerprint density at radius 2 is 2.46 bits per heavy atom. The summed E-state index contributed by atoms with van der Waals surface area (Å²) >= 11 is 5.64. The Labute approximate surface area is 82.4 Å². The molecule has 0 unspecified atom stereocenters. The summed E-state index contributed by atoms with van der Waals surface area (Å²) in [7, 11) is 0. The average Bonchev–Trinajstić information content (AvgIpc) is 2.81. The van der Waals surface area contributed by atoms with Gasteiger partial charge in [-0.15, -0.1) is 16.7 Å². The van der Waals surface area contributed by atoms with Gasteiger partial charge in [-0.25, -0.2) is 0 Å². The Balaban J connectivity index is 2.03. The van der Waals surface area contributed by atoms with E-state index in [2.05, 4.69) is 16.9 Å². The second-order valence-corrected chi connectivity index (χ2v) is 3.77. The minimum absolute atomic E-state index is 0.419. The molecule has 1 aromatic rings. The molecule has 0 N–H and O–H groups in total. The third kappa shape index (κ3) is 2.10. The molecule has 0 atom stereocenters. The molecule has 13 heavy (non-hydrogen) atoms. The second kappa shape index (κ2) is 3.50. The molecule has 4 heteroatoms. The van der Waals surface area contributed by atoms with Gasteiger partial charge in [0.1, 0.15) is 5.69 Å². The first-order chi connectivity index (χ1) is 6.29. The van der Waals surface area contributed by atoms with E-state index < -0.39 is 0 Å². The van der Waals surface area contributed by atoms with Crippen LogP contribution >= 0.6 is 11.6 Å². The van der Waals surface area contributed by atoms with Crippen molar-refractivity contribution in [2.75, 3.05) is 5.88 Å². The van der Waals surface area contributed by atoms with E-state index in [0.29, 0.717) is 5.88 Å². The number of hydrogen-bond acceptors (Lipinski definition) is 2. The summed E-state index contributed by atoms with van der Waals surface area (Å²) in [5, 5.41) is 8.01. The first-order valence-electron chi connectivity index (χ1n) is 4.44. The van der Waals surface area contributed by atoms with Gasteiger partial charge in [0.05, 0.1) is 6.20 Å². The van der Waals surface area contributed by atoms with Crippen molar-refractivity contribution in [3.63, 3.8) is 0 Å². The molecule has 0 radical (unpaired) electrons. The van der Waals surface area contributed by atoms with E-state index >= 15 is 0 Å².